The fourth-order valence-corrected chi connectivity index (χ4v) is 2.81. The van der Waals surface area contributed by atoms with Crippen molar-refractivity contribution >= 4 is 38.7 Å². The highest BCUT2D eigenvalue weighted by Gasteiger charge is 2.06. The van der Waals surface area contributed by atoms with Gasteiger partial charge in [0.15, 0.2) is 0 Å². The van der Waals surface area contributed by atoms with Crippen molar-refractivity contribution in [2.45, 2.75) is 12.8 Å². The number of aryl methyl sites for hydroxylation is 1. The van der Waals surface area contributed by atoms with E-state index < -0.39 is 0 Å². The lowest BCUT2D eigenvalue weighted by atomic mass is 10.1. The molecule has 0 saturated carbocycles. The molecule has 1 aromatic carbocycles. The van der Waals surface area contributed by atoms with Crippen molar-refractivity contribution in [2.24, 2.45) is 0 Å². The van der Waals surface area contributed by atoms with Crippen molar-refractivity contribution in [3.05, 3.63) is 28.6 Å². The van der Waals surface area contributed by atoms with E-state index in [0.29, 0.717) is 5.88 Å². The topological polar surface area (TPSA) is 26.0 Å². The number of nitrogens with two attached hydrogens (primary N) is 1. The summed E-state index contributed by atoms with van der Waals surface area (Å²) in [4.78, 5) is 0. The van der Waals surface area contributed by atoms with Gasteiger partial charge >= 0.3 is 0 Å². The molecule has 0 aliphatic carbocycles. The number of rotatable bonds is 1. The number of hydrogen-bond acceptors (Lipinski definition) is 2. The second kappa shape index (κ2) is 3.20. The van der Waals surface area contributed by atoms with Crippen LogP contribution in [0.5, 0.6) is 0 Å². The number of hydrogen-bond donors (Lipinski definition) is 1. The molecule has 2 rings (SSSR count). The molecule has 68 valence electrons. The van der Waals surface area contributed by atoms with Crippen LogP contribution in [0.25, 0.3) is 10.1 Å². The Morgan fingerprint density at radius 3 is 2.92 bits per heavy atom. The van der Waals surface area contributed by atoms with Crippen LogP contribution in [0.4, 0.5) is 5.69 Å². The molecular weight excluding hydrogens is 202 g/mol. The van der Waals surface area contributed by atoms with E-state index in [0.717, 1.165) is 5.69 Å². The molecule has 1 heterocycles. The molecule has 0 aliphatic heterocycles. The van der Waals surface area contributed by atoms with Crippen LogP contribution in [-0.4, -0.2) is 0 Å². The molecule has 0 amide bonds. The third kappa shape index (κ3) is 1.30. The predicted octanol–water partition coefficient (Wildman–Crippen LogP) is 3.53. The van der Waals surface area contributed by atoms with Gasteiger partial charge in [0, 0.05) is 16.3 Å². The predicted molar refractivity (Wildman–Crippen MR) is 60.5 cm³/mol. The van der Waals surface area contributed by atoms with Crippen LogP contribution >= 0.6 is 22.9 Å². The summed E-state index contributed by atoms with van der Waals surface area (Å²) in [6.07, 6.45) is 0. The van der Waals surface area contributed by atoms with Crippen molar-refractivity contribution in [1.82, 2.24) is 0 Å². The summed E-state index contributed by atoms with van der Waals surface area (Å²) in [5.74, 6) is 0.573. The highest BCUT2D eigenvalue weighted by atomic mass is 35.5. The lowest BCUT2D eigenvalue weighted by molar-refractivity contribution is 1.48. The van der Waals surface area contributed by atoms with Gasteiger partial charge in [-0.1, -0.05) is 6.07 Å². The Labute approximate surface area is 86.1 Å². The monoisotopic (exact) mass is 211 g/mol. The van der Waals surface area contributed by atoms with Crippen LogP contribution in [-0.2, 0) is 5.88 Å². The first-order valence-corrected chi connectivity index (χ1v) is 5.46. The Hall–Kier alpha value is -0.730. The molecule has 0 saturated heterocycles. The van der Waals surface area contributed by atoms with E-state index in [2.05, 4.69) is 5.38 Å². The van der Waals surface area contributed by atoms with Gasteiger partial charge in [0.2, 0.25) is 0 Å². The normalized spacial score (nSPS) is 10.9. The standard InChI is InChI=1S/C10H10ClNS/c1-6-9(12)3-2-8-7(4-11)5-13-10(6)8/h2-3,5H,4,12H2,1H3. The molecule has 2 aromatic rings. The maximum Gasteiger partial charge on any atom is 0.0488 e. The number of halogens is 1. The van der Waals surface area contributed by atoms with Gasteiger partial charge in [-0.25, -0.2) is 0 Å². The fourth-order valence-electron chi connectivity index (χ4n) is 1.41. The van der Waals surface area contributed by atoms with Crippen LogP contribution < -0.4 is 5.73 Å². The first-order chi connectivity index (χ1) is 6.24. The Morgan fingerprint density at radius 2 is 2.23 bits per heavy atom. The Balaban J connectivity index is 2.81. The minimum Gasteiger partial charge on any atom is -0.398 e. The maximum atomic E-state index is 5.81. The molecule has 0 unspecified atom stereocenters. The van der Waals surface area contributed by atoms with E-state index >= 15 is 0 Å². The van der Waals surface area contributed by atoms with Gasteiger partial charge in [-0.05, 0) is 34.9 Å². The summed E-state index contributed by atoms with van der Waals surface area (Å²) in [5, 5.41) is 3.34. The first kappa shape index (κ1) is 8.85. The third-order valence-corrected chi connectivity index (χ3v) is 3.71. The van der Waals surface area contributed by atoms with Crippen LogP contribution in [0.3, 0.4) is 0 Å². The Morgan fingerprint density at radius 1 is 1.46 bits per heavy atom. The van der Waals surface area contributed by atoms with Crippen LogP contribution in [0.1, 0.15) is 11.1 Å². The fraction of sp³-hybridized carbons (Fsp3) is 0.200. The van der Waals surface area contributed by atoms with E-state index in [9.17, 15) is 0 Å². The second-order valence-corrected chi connectivity index (χ2v) is 4.20. The average molecular weight is 212 g/mol. The highest BCUT2D eigenvalue weighted by Crippen LogP contribution is 2.32. The van der Waals surface area contributed by atoms with Gasteiger partial charge in [-0.2, -0.15) is 0 Å². The molecule has 1 nitrogen and oxygen atoms in total. The number of nitrogen functional groups attached to an aromatic ring is 1. The summed E-state index contributed by atoms with van der Waals surface area (Å²) in [6, 6.07) is 3.99. The van der Waals surface area contributed by atoms with Gasteiger partial charge in [-0.3, -0.25) is 0 Å². The quantitative estimate of drug-likeness (QED) is 0.567. The Bertz CT molecular complexity index is 447. The number of thiophene rings is 1. The van der Waals surface area contributed by atoms with Gasteiger partial charge in [-0.15, -0.1) is 22.9 Å². The van der Waals surface area contributed by atoms with Gasteiger partial charge in [0.05, 0.1) is 0 Å². The highest BCUT2D eigenvalue weighted by molar-refractivity contribution is 7.17. The SMILES string of the molecule is Cc1c(N)ccc2c(CCl)csc12. The summed E-state index contributed by atoms with van der Waals surface area (Å²) < 4.78 is 1.26. The lowest BCUT2D eigenvalue weighted by Gasteiger charge is -2.01. The van der Waals surface area contributed by atoms with Crippen LogP contribution in [0.2, 0.25) is 0 Å². The van der Waals surface area contributed by atoms with E-state index in [1.807, 2.05) is 19.1 Å². The molecule has 0 spiro atoms. The lowest BCUT2D eigenvalue weighted by Crippen LogP contribution is -1.88. The molecule has 3 heteroatoms. The second-order valence-electron chi connectivity index (χ2n) is 3.05. The zero-order valence-electron chi connectivity index (χ0n) is 7.30. The molecule has 13 heavy (non-hydrogen) atoms. The third-order valence-electron chi connectivity index (χ3n) is 2.26. The zero-order valence-corrected chi connectivity index (χ0v) is 8.88. The van der Waals surface area contributed by atoms with Crippen molar-refractivity contribution in [3.63, 3.8) is 0 Å². The molecular formula is C10H10ClNS. The van der Waals surface area contributed by atoms with Gasteiger partial charge in [0.25, 0.3) is 0 Å². The largest absolute Gasteiger partial charge is 0.398 e. The number of alkyl halides is 1. The number of anilines is 1. The van der Waals surface area contributed by atoms with E-state index in [-0.39, 0.29) is 0 Å². The van der Waals surface area contributed by atoms with Crippen LogP contribution in [0, 0.1) is 6.92 Å². The van der Waals surface area contributed by atoms with E-state index in [4.69, 9.17) is 17.3 Å². The first-order valence-electron chi connectivity index (χ1n) is 4.05. The molecule has 0 radical (unpaired) electrons. The number of benzene rings is 1. The summed E-state index contributed by atoms with van der Waals surface area (Å²) in [5.41, 5.74) is 9.03. The minimum absolute atomic E-state index is 0.573. The maximum absolute atomic E-state index is 5.81. The van der Waals surface area contributed by atoms with Crippen molar-refractivity contribution in [2.75, 3.05) is 5.73 Å². The van der Waals surface area contributed by atoms with Gasteiger partial charge < -0.3 is 5.73 Å². The van der Waals surface area contributed by atoms with Crippen molar-refractivity contribution < 1.29 is 0 Å². The molecule has 0 bridgehead atoms. The average Bonchev–Trinajstić information content (AvgIpc) is 2.55. The van der Waals surface area contributed by atoms with Crippen molar-refractivity contribution in [3.8, 4) is 0 Å². The van der Waals surface area contributed by atoms with Gasteiger partial charge in [0.1, 0.15) is 0 Å². The minimum atomic E-state index is 0.573. The smallest absolute Gasteiger partial charge is 0.0488 e. The zero-order chi connectivity index (χ0) is 9.42. The summed E-state index contributed by atoms with van der Waals surface area (Å²) >= 11 is 7.53. The number of fused-ring (bicyclic) bond motifs is 1. The molecule has 1 aromatic heterocycles. The molecule has 2 N–H and O–H groups in total. The summed E-state index contributed by atoms with van der Waals surface area (Å²) in [6.45, 7) is 2.05. The Kier molecular flexibility index (Phi) is 2.18. The molecule has 0 atom stereocenters. The van der Waals surface area contributed by atoms with E-state index in [1.54, 1.807) is 11.3 Å². The summed E-state index contributed by atoms with van der Waals surface area (Å²) in [7, 11) is 0. The van der Waals surface area contributed by atoms with Crippen LogP contribution in [0.15, 0.2) is 17.5 Å². The molecule has 0 fully saturated rings. The molecule has 0 aliphatic rings. The van der Waals surface area contributed by atoms with Crippen molar-refractivity contribution in [1.29, 1.82) is 0 Å². The van der Waals surface area contributed by atoms with E-state index in [1.165, 1.54) is 21.2 Å².